The van der Waals surface area contributed by atoms with Gasteiger partial charge in [0.05, 0.1) is 5.69 Å². The van der Waals surface area contributed by atoms with Crippen LogP contribution in [0.3, 0.4) is 0 Å². The van der Waals surface area contributed by atoms with Crippen LogP contribution in [0.2, 0.25) is 0 Å². The summed E-state index contributed by atoms with van der Waals surface area (Å²) in [6.07, 6.45) is 3.22. The number of primary amides is 1. The van der Waals surface area contributed by atoms with Gasteiger partial charge in [-0.3, -0.25) is 4.79 Å². The molecule has 0 aliphatic rings. The lowest BCUT2D eigenvalue weighted by atomic mass is 10.0. The average molecular weight is 231 g/mol. The van der Waals surface area contributed by atoms with Gasteiger partial charge >= 0.3 is 0 Å². The van der Waals surface area contributed by atoms with Crippen LogP contribution in [0, 0.1) is 0 Å². The number of nitrogens with zero attached hydrogens (tertiary/aromatic N) is 3. The third kappa shape index (κ3) is 2.67. The highest BCUT2D eigenvalue weighted by Crippen LogP contribution is 2.15. The van der Waals surface area contributed by atoms with Crippen molar-refractivity contribution in [1.29, 1.82) is 0 Å². The Kier molecular flexibility index (Phi) is 3.15. The van der Waals surface area contributed by atoms with Crippen molar-refractivity contribution < 1.29 is 4.79 Å². The Balaban J connectivity index is 2.15. The van der Waals surface area contributed by atoms with E-state index in [0.29, 0.717) is 0 Å². The van der Waals surface area contributed by atoms with E-state index < -0.39 is 5.91 Å². The lowest BCUT2D eigenvalue weighted by molar-refractivity contribution is -0.118. The summed E-state index contributed by atoms with van der Waals surface area (Å²) in [5, 5.41) is 4.01. The van der Waals surface area contributed by atoms with Crippen LogP contribution in [0.15, 0.2) is 36.9 Å². The van der Waals surface area contributed by atoms with Crippen molar-refractivity contribution in [1.82, 2.24) is 14.8 Å². The number of hydrogen-bond donors (Lipinski definition) is 2. The Morgan fingerprint density at radius 1 is 1.35 bits per heavy atom. The molecule has 0 aliphatic heterocycles. The van der Waals surface area contributed by atoms with Crippen molar-refractivity contribution in [2.24, 2.45) is 11.5 Å². The molecule has 0 fully saturated rings. The zero-order valence-electron chi connectivity index (χ0n) is 9.15. The monoisotopic (exact) mass is 231 g/mol. The third-order valence-electron chi connectivity index (χ3n) is 2.43. The molecular formula is C11H13N5O. The Morgan fingerprint density at radius 3 is 2.59 bits per heavy atom. The number of hydrogen-bond acceptors (Lipinski definition) is 4. The lowest BCUT2D eigenvalue weighted by Crippen LogP contribution is -2.20. The van der Waals surface area contributed by atoms with Gasteiger partial charge in [0.25, 0.3) is 0 Å². The molecule has 2 rings (SSSR count). The van der Waals surface area contributed by atoms with E-state index in [4.69, 9.17) is 11.5 Å². The van der Waals surface area contributed by atoms with E-state index in [1.807, 2.05) is 24.3 Å². The van der Waals surface area contributed by atoms with E-state index >= 15 is 0 Å². The second kappa shape index (κ2) is 4.75. The fourth-order valence-electron chi connectivity index (χ4n) is 1.55. The smallest absolute Gasteiger partial charge is 0.219 e. The SMILES string of the molecule is NC(=O)CC(N)c1ccc(-n2cncn2)cc1. The summed E-state index contributed by atoms with van der Waals surface area (Å²) in [4.78, 5) is 14.6. The van der Waals surface area contributed by atoms with Crippen LogP contribution in [0.4, 0.5) is 0 Å². The van der Waals surface area contributed by atoms with Gasteiger partial charge in [-0.25, -0.2) is 9.67 Å². The van der Waals surface area contributed by atoms with E-state index in [9.17, 15) is 4.79 Å². The largest absolute Gasteiger partial charge is 0.370 e. The first-order valence-electron chi connectivity index (χ1n) is 5.15. The standard InChI is InChI=1S/C11H13N5O/c12-10(5-11(13)17)8-1-3-9(4-2-8)16-7-14-6-15-16/h1-4,6-7,10H,5,12H2,(H2,13,17). The number of rotatable bonds is 4. The molecule has 0 bridgehead atoms. The van der Waals surface area contributed by atoms with Gasteiger partial charge in [-0.1, -0.05) is 12.1 Å². The molecular weight excluding hydrogens is 218 g/mol. The molecule has 1 aromatic heterocycles. The highest BCUT2D eigenvalue weighted by molar-refractivity contribution is 5.74. The Bertz CT molecular complexity index is 491. The third-order valence-corrected chi connectivity index (χ3v) is 2.43. The van der Waals surface area contributed by atoms with Crippen molar-refractivity contribution in [3.63, 3.8) is 0 Å². The average Bonchev–Trinajstić information content (AvgIpc) is 2.82. The predicted molar refractivity (Wildman–Crippen MR) is 62.1 cm³/mol. The van der Waals surface area contributed by atoms with Crippen LogP contribution < -0.4 is 11.5 Å². The van der Waals surface area contributed by atoms with E-state index in [1.54, 1.807) is 11.0 Å². The van der Waals surface area contributed by atoms with Crippen LogP contribution in [-0.4, -0.2) is 20.7 Å². The van der Waals surface area contributed by atoms with Gasteiger partial charge in [0.2, 0.25) is 5.91 Å². The van der Waals surface area contributed by atoms with Gasteiger partial charge in [-0.15, -0.1) is 0 Å². The maximum atomic E-state index is 10.8. The van der Waals surface area contributed by atoms with Crippen LogP contribution in [0.1, 0.15) is 18.0 Å². The van der Waals surface area contributed by atoms with E-state index in [-0.39, 0.29) is 12.5 Å². The fraction of sp³-hybridized carbons (Fsp3) is 0.182. The topological polar surface area (TPSA) is 99.8 Å². The number of carbonyl (C=O) groups excluding carboxylic acids is 1. The molecule has 4 N–H and O–H groups in total. The van der Waals surface area contributed by atoms with Crippen molar-refractivity contribution >= 4 is 5.91 Å². The molecule has 0 aliphatic carbocycles. The van der Waals surface area contributed by atoms with Gasteiger partial charge in [-0.2, -0.15) is 5.10 Å². The van der Waals surface area contributed by atoms with Crippen LogP contribution in [0.25, 0.3) is 5.69 Å². The van der Waals surface area contributed by atoms with Crippen LogP contribution in [-0.2, 0) is 4.79 Å². The first-order chi connectivity index (χ1) is 8.16. The van der Waals surface area contributed by atoms with Gasteiger partial charge in [0.1, 0.15) is 12.7 Å². The maximum absolute atomic E-state index is 10.8. The van der Waals surface area contributed by atoms with E-state index in [2.05, 4.69) is 10.1 Å². The van der Waals surface area contributed by atoms with Crippen molar-refractivity contribution in [2.45, 2.75) is 12.5 Å². The predicted octanol–water partition coefficient (Wildman–Crippen LogP) is 0.142. The highest BCUT2D eigenvalue weighted by atomic mass is 16.1. The molecule has 2 aromatic rings. The maximum Gasteiger partial charge on any atom is 0.219 e. The second-order valence-corrected chi connectivity index (χ2v) is 3.71. The fourth-order valence-corrected chi connectivity index (χ4v) is 1.55. The zero-order chi connectivity index (χ0) is 12.3. The molecule has 0 saturated carbocycles. The molecule has 1 amide bonds. The Labute approximate surface area is 98.3 Å². The molecule has 0 radical (unpaired) electrons. The molecule has 1 unspecified atom stereocenters. The summed E-state index contributed by atoms with van der Waals surface area (Å²) in [5.74, 6) is -0.405. The first-order valence-corrected chi connectivity index (χ1v) is 5.15. The number of nitrogens with two attached hydrogens (primary N) is 2. The van der Waals surface area contributed by atoms with E-state index in [0.717, 1.165) is 11.3 Å². The number of carbonyl (C=O) groups is 1. The zero-order valence-corrected chi connectivity index (χ0v) is 9.15. The van der Waals surface area contributed by atoms with Gasteiger partial charge < -0.3 is 11.5 Å². The van der Waals surface area contributed by atoms with Crippen molar-refractivity contribution in [3.8, 4) is 5.69 Å². The Hall–Kier alpha value is -2.21. The Morgan fingerprint density at radius 2 is 2.06 bits per heavy atom. The minimum Gasteiger partial charge on any atom is -0.370 e. The molecule has 6 heteroatoms. The molecule has 0 saturated heterocycles. The molecule has 6 nitrogen and oxygen atoms in total. The summed E-state index contributed by atoms with van der Waals surface area (Å²) in [6.45, 7) is 0. The van der Waals surface area contributed by atoms with Gasteiger partial charge in [-0.05, 0) is 17.7 Å². The first kappa shape index (κ1) is 11.3. The minimum atomic E-state index is -0.405. The van der Waals surface area contributed by atoms with Crippen LogP contribution in [0.5, 0.6) is 0 Å². The second-order valence-electron chi connectivity index (χ2n) is 3.71. The molecule has 1 atom stereocenters. The molecule has 1 heterocycles. The summed E-state index contributed by atoms with van der Waals surface area (Å²) < 4.78 is 1.64. The van der Waals surface area contributed by atoms with E-state index in [1.165, 1.54) is 6.33 Å². The highest BCUT2D eigenvalue weighted by Gasteiger charge is 2.09. The lowest BCUT2D eigenvalue weighted by Gasteiger charge is -2.10. The van der Waals surface area contributed by atoms with Gasteiger partial charge in [0.15, 0.2) is 0 Å². The molecule has 0 spiro atoms. The molecule has 88 valence electrons. The summed E-state index contributed by atoms with van der Waals surface area (Å²) in [6, 6.07) is 7.07. The summed E-state index contributed by atoms with van der Waals surface area (Å²) in [7, 11) is 0. The quantitative estimate of drug-likeness (QED) is 0.781. The van der Waals surface area contributed by atoms with Gasteiger partial charge in [0, 0.05) is 12.5 Å². The number of aromatic nitrogens is 3. The number of benzene rings is 1. The normalized spacial score (nSPS) is 12.3. The molecule has 17 heavy (non-hydrogen) atoms. The van der Waals surface area contributed by atoms with Crippen molar-refractivity contribution in [3.05, 3.63) is 42.5 Å². The summed E-state index contributed by atoms with van der Waals surface area (Å²) >= 11 is 0. The number of amides is 1. The molecule has 1 aromatic carbocycles. The minimum absolute atomic E-state index is 0.142. The van der Waals surface area contributed by atoms with Crippen LogP contribution >= 0.6 is 0 Å². The summed E-state index contributed by atoms with van der Waals surface area (Å²) in [5.41, 5.74) is 12.7. The van der Waals surface area contributed by atoms with Crippen molar-refractivity contribution in [2.75, 3.05) is 0 Å².